The number of anilines is 1. The van der Waals surface area contributed by atoms with E-state index in [0.29, 0.717) is 26.0 Å². The summed E-state index contributed by atoms with van der Waals surface area (Å²) in [5.74, 6) is 0.0859. The zero-order valence-corrected chi connectivity index (χ0v) is 16.2. The van der Waals surface area contributed by atoms with Crippen LogP contribution >= 0.6 is 0 Å². The maximum atomic E-state index is 13.2. The van der Waals surface area contributed by atoms with Gasteiger partial charge in [-0.2, -0.15) is 0 Å². The number of ether oxygens (including phenoxy) is 1. The Morgan fingerprint density at radius 2 is 1.93 bits per heavy atom. The molecule has 0 aromatic heterocycles. The molecule has 5 nitrogen and oxygen atoms in total. The molecule has 2 atom stereocenters. The second-order valence-corrected chi connectivity index (χ2v) is 7.59. The summed E-state index contributed by atoms with van der Waals surface area (Å²) in [6, 6.07) is 18.0. The summed E-state index contributed by atoms with van der Waals surface area (Å²) >= 11 is 0. The van der Waals surface area contributed by atoms with Crippen molar-refractivity contribution < 1.29 is 14.3 Å². The average molecular weight is 378 g/mol. The summed E-state index contributed by atoms with van der Waals surface area (Å²) in [5, 5.41) is 3.06. The van der Waals surface area contributed by atoms with Crippen molar-refractivity contribution in [3.63, 3.8) is 0 Å². The molecule has 0 saturated carbocycles. The molecule has 1 spiro atoms. The van der Waals surface area contributed by atoms with Crippen LogP contribution in [0.4, 0.5) is 5.69 Å². The van der Waals surface area contributed by atoms with Gasteiger partial charge in [0, 0.05) is 19.3 Å². The first-order valence-corrected chi connectivity index (χ1v) is 9.90. The Balaban J connectivity index is 1.67. The van der Waals surface area contributed by atoms with Gasteiger partial charge in [0.15, 0.2) is 0 Å². The number of hydrogen-bond acceptors (Lipinski definition) is 3. The highest BCUT2D eigenvalue weighted by Crippen LogP contribution is 2.49. The fraction of sp³-hybridized carbons (Fsp3) is 0.391. The first kappa shape index (κ1) is 18.7. The predicted octanol–water partition coefficient (Wildman–Crippen LogP) is 3.15. The fourth-order valence-electron chi connectivity index (χ4n) is 4.78. The Kier molecular flexibility index (Phi) is 5.18. The number of methoxy groups -OCH3 is 1. The van der Waals surface area contributed by atoms with Crippen LogP contribution in [-0.2, 0) is 26.2 Å². The Morgan fingerprint density at radius 3 is 2.71 bits per heavy atom. The average Bonchev–Trinajstić information content (AvgIpc) is 3.25. The highest BCUT2D eigenvalue weighted by Gasteiger charge is 2.58. The molecule has 2 heterocycles. The lowest BCUT2D eigenvalue weighted by Crippen LogP contribution is -2.49. The Hall–Kier alpha value is -2.66. The van der Waals surface area contributed by atoms with Crippen molar-refractivity contribution >= 4 is 17.5 Å². The number of nitrogens with zero attached hydrogens (tertiary/aromatic N) is 1. The zero-order valence-electron chi connectivity index (χ0n) is 16.2. The van der Waals surface area contributed by atoms with Crippen LogP contribution in [0.2, 0.25) is 0 Å². The van der Waals surface area contributed by atoms with Gasteiger partial charge >= 0.3 is 0 Å². The number of benzene rings is 2. The number of carbonyl (C=O) groups is 2. The van der Waals surface area contributed by atoms with Crippen molar-refractivity contribution in [2.45, 2.75) is 37.1 Å². The highest BCUT2D eigenvalue weighted by molar-refractivity contribution is 6.07. The van der Waals surface area contributed by atoms with Crippen LogP contribution in [0.15, 0.2) is 54.6 Å². The molecule has 1 N–H and O–H groups in total. The third-order valence-corrected chi connectivity index (χ3v) is 6.14. The number of aryl methyl sites for hydroxylation is 1. The molecule has 2 aromatic rings. The Morgan fingerprint density at radius 1 is 1.18 bits per heavy atom. The van der Waals surface area contributed by atoms with Crippen LogP contribution in [0.5, 0.6) is 0 Å². The van der Waals surface area contributed by atoms with Gasteiger partial charge in [-0.15, -0.1) is 0 Å². The van der Waals surface area contributed by atoms with Gasteiger partial charge in [-0.1, -0.05) is 48.5 Å². The quantitative estimate of drug-likeness (QED) is 0.840. The Bertz CT molecular complexity index is 867. The predicted molar refractivity (Wildman–Crippen MR) is 108 cm³/mol. The largest absolute Gasteiger partial charge is 0.384 e. The SMILES string of the molecule is COCCC(=O)N1CC[C@]2(C(=O)Nc3ccccc32)[C@@H]1CCc1ccccc1. The molecule has 0 unspecified atom stereocenters. The van der Waals surface area contributed by atoms with Crippen molar-refractivity contribution in [2.24, 2.45) is 0 Å². The molecule has 146 valence electrons. The third-order valence-electron chi connectivity index (χ3n) is 6.14. The summed E-state index contributed by atoms with van der Waals surface area (Å²) < 4.78 is 5.10. The number of fused-ring (bicyclic) bond motifs is 2. The number of carbonyl (C=O) groups excluding carboxylic acids is 2. The summed E-state index contributed by atoms with van der Waals surface area (Å²) in [6.45, 7) is 1.00. The molecule has 2 aliphatic rings. The summed E-state index contributed by atoms with van der Waals surface area (Å²) in [5.41, 5.74) is 2.47. The number of amides is 2. The van der Waals surface area contributed by atoms with E-state index in [4.69, 9.17) is 4.74 Å². The lowest BCUT2D eigenvalue weighted by molar-refractivity contribution is -0.134. The number of hydrogen-bond donors (Lipinski definition) is 1. The molecular formula is C23H26N2O3. The van der Waals surface area contributed by atoms with E-state index in [1.54, 1.807) is 7.11 Å². The van der Waals surface area contributed by atoms with Crippen LogP contribution in [-0.4, -0.2) is 43.0 Å². The second kappa shape index (κ2) is 7.76. The molecule has 2 aliphatic heterocycles. The van der Waals surface area contributed by atoms with E-state index in [1.165, 1.54) is 5.56 Å². The first-order valence-electron chi connectivity index (χ1n) is 9.90. The molecule has 2 aromatic carbocycles. The minimum atomic E-state index is -0.659. The van der Waals surface area contributed by atoms with E-state index < -0.39 is 5.41 Å². The monoisotopic (exact) mass is 378 g/mol. The molecule has 28 heavy (non-hydrogen) atoms. The number of rotatable bonds is 6. The van der Waals surface area contributed by atoms with E-state index in [2.05, 4.69) is 17.4 Å². The maximum Gasteiger partial charge on any atom is 0.237 e. The lowest BCUT2D eigenvalue weighted by atomic mass is 9.73. The summed E-state index contributed by atoms with van der Waals surface area (Å²) in [7, 11) is 1.60. The van der Waals surface area contributed by atoms with Crippen LogP contribution < -0.4 is 5.32 Å². The van der Waals surface area contributed by atoms with Gasteiger partial charge in [-0.05, 0) is 36.5 Å². The molecule has 1 fully saturated rings. The topological polar surface area (TPSA) is 58.6 Å². The third kappa shape index (κ3) is 3.10. The van der Waals surface area contributed by atoms with Crippen LogP contribution in [0.1, 0.15) is 30.4 Å². The molecule has 0 aliphatic carbocycles. The van der Waals surface area contributed by atoms with Crippen molar-refractivity contribution in [3.05, 3.63) is 65.7 Å². The molecule has 2 amide bonds. The van der Waals surface area contributed by atoms with Crippen molar-refractivity contribution in [1.82, 2.24) is 4.90 Å². The standard InChI is InChI=1S/C23H26N2O3/c1-28-16-13-21(26)25-15-14-23(18-9-5-6-10-19(18)24-22(23)27)20(25)12-11-17-7-3-2-4-8-17/h2-10,20H,11-16H2,1H3,(H,24,27)/t20-,23+/m0/s1. The van der Waals surface area contributed by atoms with Gasteiger partial charge in [-0.25, -0.2) is 0 Å². The van der Waals surface area contributed by atoms with E-state index in [-0.39, 0.29) is 17.9 Å². The minimum absolute atomic E-state index is 0.0220. The normalized spacial score (nSPS) is 23.1. The number of nitrogens with one attached hydrogen (secondary N) is 1. The van der Waals surface area contributed by atoms with Crippen molar-refractivity contribution in [1.29, 1.82) is 0 Å². The van der Waals surface area contributed by atoms with Gasteiger partial charge < -0.3 is 15.0 Å². The smallest absolute Gasteiger partial charge is 0.237 e. The molecule has 5 heteroatoms. The van der Waals surface area contributed by atoms with Gasteiger partial charge in [0.05, 0.1) is 24.5 Å². The number of para-hydroxylation sites is 1. The van der Waals surface area contributed by atoms with E-state index in [1.807, 2.05) is 47.4 Å². The van der Waals surface area contributed by atoms with Gasteiger partial charge in [0.1, 0.15) is 0 Å². The summed E-state index contributed by atoms with van der Waals surface area (Å²) in [4.78, 5) is 28.0. The molecule has 0 bridgehead atoms. The van der Waals surface area contributed by atoms with Crippen LogP contribution in [0.3, 0.4) is 0 Å². The highest BCUT2D eigenvalue weighted by atomic mass is 16.5. The minimum Gasteiger partial charge on any atom is -0.384 e. The van der Waals surface area contributed by atoms with Crippen molar-refractivity contribution in [3.8, 4) is 0 Å². The van der Waals surface area contributed by atoms with E-state index in [9.17, 15) is 9.59 Å². The van der Waals surface area contributed by atoms with Crippen LogP contribution in [0.25, 0.3) is 0 Å². The lowest BCUT2D eigenvalue weighted by Gasteiger charge is -2.34. The molecule has 1 saturated heterocycles. The first-order chi connectivity index (χ1) is 13.7. The molecular weight excluding hydrogens is 352 g/mol. The summed E-state index contributed by atoms with van der Waals surface area (Å²) in [6.07, 6.45) is 2.59. The number of likely N-dealkylation sites (tertiary alicyclic amines) is 1. The van der Waals surface area contributed by atoms with Gasteiger partial charge in [0.2, 0.25) is 11.8 Å². The van der Waals surface area contributed by atoms with E-state index in [0.717, 1.165) is 24.1 Å². The fourth-order valence-corrected chi connectivity index (χ4v) is 4.78. The van der Waals surface area contributed by atoms with Crippen LogP contribution in [0, 0.1) is 0 Å². The van der Waals surface area contributed by atoms with Gasteiger partial charge in [0.25, 0.3) is 0 Å². The Labute approximate surface area is 165 Å². The van der Waals surface area contributed by atoms with Crippen molar-refractivity contribution in [2.75, 3.05) is 25.6 Å². The maximum absolute atomic E-state index is 13.2. The molecule has 0 radical (unpaired) electrons. The second-order valence-electron chi connectivity index (χ2n) is 7.59. The zero-order chi connectivity index (χ0) is 19.6. The van der Waals surface area contributed by atoms with Gasteiger partial charge in [-0.3, -0.25) is 9.59 Å². The molecule has 4 rings (SSSR count). The van der Waals surface area contributed by atoms with E-state index >= 15 is 0 Å².